The van der Waals surface area contributed by atoms with E-state index in [-0.39, 0.29) is 87.0 Å². The Balaban J connectivity index is 1.16. The molecule has 0 fully saturated rings. The molecule has 0 saturated heterocycles. The molecule has 18 heteroatoms. The fourth-order valence-electron chi connectivity index (χ4n) is 4.72. The molecule has 0 bridgehead atoms. The Morgan fingerprint density at radius 1 is 0.446 bits per heavy atom. The van der Waals surface area contributed by atoms with Crippen molar-refractivity contribution in [2.45, 2.75) is 0 Å². The third-order valence-corrected chi connectivity index (χ3v) is 7.29. The number of anilines is 2. The van der Waals surface area contributed by atoms with Gasteiger partial charge in [-0.2, -0.15) is 26.3 Å². The molecular formula is C38H32F6N2O10. The summed E-state index contributed by atoms with van der Waals surface area (Å²) in [6, 6.07) is 15.1. The van der Waals surface area contributed by atoms with Crippen molar-refractivity contribution >= 4 is 23.2 Å². The Morgan fingerprint density at radius 2 is 0.786 bits per heavy atom. The lowest BCUT2D eigenvalue weighted by atomic mass is 10.2. The maximum Gasteiger partial charge on any atom is 0.344 e. The molecule has 0 saturated carbocycles. The molecule has 12 nitrogen and oxygen atoms in total. The number of rotatable bonds is 8. The van der Waals surface area contributed by atoms with E-state index in [0.717, 1.165) is 24.3 Å². The van der Waals surface area contributed by atoms with Crippen LogP contribution in [-0.2, 0) is 9.47 Å². The first-order valence-electron chi connectivity index (χ1n) is 16.6. The van der Waals surface area contributed by atoms with Crippen LogP contribution in [0.4, 0.5) is 37.7 Å². The van der Waals surface area contributed by atoms with Crippen LogP contribution in [0.2, 0.25) is 0 Å². The molecule has 0 aliphatic carbocycles. The fraction of sp³-hybridized carbons (Fsp3) is 0.211. The second-order valence-corrected chi connectivity index (χ2v) is 11.2. The summed E-state index contributed by atoms with van der Waals surface area (Å²) in [5.74, 6) is -0.242. The van der Waals surface area contributed by atoms with E-state index in [0.29, 0.717) is 22.9 Å². The van der Waals surface area contributed by atoms with Crippen molar-refractivity contribution in [1.82, 2.24) is 0 Å². The molecule has 2 amide bonds. The first-order valence-corrected chi connectivity index (χ1v) is 16.6. The third kappa shape index (κ3) is 12.3. The molecule has 1 aliphatic heterocycles. The van der Waals surface area contributed by atoms with Gasteiger partial charge in [-0.15, -0.1) is 0 Å². The van der Waals surface area contributed by atoms with Crippen molar-refractivity contribution in [3.8, 4) is 34.5 Å². The topological polar surface area (TPSA) is 132 Å². The number of carbonyl (C=O) groups is 2. The van der Waals surface area contributed by atoms with E-state index in [1.807, 2.05) is 0 Å². The first-order chi connectivity index (χ1) is 27.0. The predicted molar refractivity (Wildman–Crippen MR) is 187 cm³/mol. The molecule has 0 unspecified atom stereocenters. The normalized spacial score (nSPS) is 13.5. The summed E-state index contributed by atoms with van der Waals surface area (Å²) in [6.07, 6.45) is -5.22. The summed E-state index contributed by atoms with van der Waals surface area (Å²) in [4.78, 5) is 25.7. The number of nitrogens with one attached hydrogen (secondary N) is 2. The van der Waals surface area contributed by atoms with Gasteiger partial charge in [0.05, 0.1) is 26.4 Å². The highest BCUT2D eigenvalue weighted by molar-refractivity contribution is 6.05. The van der Waals surface area contributed by atoms with Crippen LogP contribution in [0.3, 0.4) is 0 Å². The van der Waals surface area contributed by atoms with Crippen molar-refractivity contribution in [2.24, 2.45) is 0 Å². The van der Waals surface area contributed by atoms with Crippen LogP contribution >= 0.6 is 0 Å². The lowest BCUT2D eigenvalue weighted by Crippen LogP contribution is -2.16. The van der Waals surface area contributed by atoms with E-state index < -0.39 is 36.0 Å². The van der Waals surface area contributed by atoms with E-state index >= 15 is 0 Å². The average molecular weight is 791 g/mol. The van der Waals surface area contributed by atoms with Crippen molar-refractivity contribution in [3.05, 3.63) is 120 Å². The molecule has 0 spiro atoms. The zero-order chi connectivity index (χ0) is 39.9. The summed E-state index contributed by atoms with van der Waals surface area (Å²) < 4.78 is 119. The molecule has 1 heterocycles. The second kappa shape index (κ2) is 20.3. The van der Waals surface area contributed by atoms with Gasteiger partial charge in [0.2, 0.25) is 0 Å². The Kier molecular flexibility index (Phi) is 14.8. The number of halogens is 6. The number of carbonyl (C=O) groups excluding carboxylic acids is 2. The van der Waals surface area contributed by atoms with Gasteiger partial charge in [0.25, 0.3) is 11.8 Å². The van der Waals surface area contributed by atoms with Gasteiger partial charge in [-0.05, 0) is 72.8 Å². The first kappa shape index (κ1) is 40.8. The standard InChI is InChI=1S/C38H32F6N2O10/c39-33(40)35(43)55-27-7-1-23(2-8-27)37(47)45-25-5-11-29-31(21-25)53-19-15-50-16-20-54-32-22-26(6-12-30(32)52-18-14-49-13-17-51-29)46-38(48)24-3-9-28(10-4-24)56-36(44)34(41)42/h1-12,21-22H,13-20H2,(H,45,47)(H,46,48). The average Bonchev–Trinajstić information content (AvgIpc) is 3.18. The van der Waals surface area contributed by atoms with Gasteiger partial charge in [0.1, 0.15) is 37.9 Å². The van der Waals surface area contributed by atoms with Crippen LogP contribution in [0.5, 0.6) is 34.5 Å². The molecule has 0 atom stereocenters. The van der Waals surface area contributed by atoms with Gasteiger partial charge >= 0.3 is 24.2 Å². The minimum atomic E-state index is -2.61. The molecule has 0 aromatic heterocycles. The highest BCUT2D eigenvalue weighted by Gasteiger charge is 2.15. The molecule has 1 aliphatic rings. The van der Waals surface area contributed by atoms with E-state index in [1.54, 1.807) is 24.3 Å². The maximum absolute atomic E-state index is 13.1. The van der Waals surface area contributed by atoms with Gasteiger partial charge in [-0.25, -0.2) is 0 Å². The minimum Gasteiger partial charge on any atom is -0.487 e. The van der Waals surface area contributed by atoms with Crippen molar-refractivity contribution in [2.75, 3.05) is 63.5 Å². The molecule has 4 aromatic rings. The summed E-state index contributed by atoms with van der Waals surface area (Å²) in [5.41, 5.74) is 0.966. The number of amides is 2. The molecule has 2 N–H and O–H groups in total. The smallest absolute Gasteiger partial charge is 0.344 e. The van der Waals surface area contributed by atoms with E-state index in [9.17, 15) is 35.9 Å². The van der Waals surface area contributed by atoms with E-state index in [4.69, 9.17) is 28.4 Å². The van der Waals surface area contributed by atoms with E-state index in [1.165, 1.54) is 36.4 Å². The largest absolute Gasteiger partial charge is 0.487 e. The number of hydrogen-bond acceptors (Lipinski definition) is 10. The number of fused-ring (bicyclic) bond motifs is 2. The zero-order valence-corrected chi connectivity index (χ0v) is 29.1. The summed E-state index contributed by atoms with van der Waals surface area (Å²) in [6.45, 7) is 1.07. The SMILES string of the molecule is O=C(Nc1ccc2c(c1)OCCOCCOc1cc(NC(=O)c3ccc(OC(F)=C(F)F)cc3)ccc1OCCOCCO2)c1ccc(OC(F)=C(F)F)cc1. The van der Waals surface area contributed by atoms with E-state index in [2.05, 4.69) is 20.1 Å². The summed E-state index contributed by atoms with van der Waals surface area (Å²) in [5, 5.41) is 5.39. The van der Waals surface area contributed by atoms with Crippen LogP contribution in [0.25, 0.3) is 0 Å². The Labute approximate surface area is 315 Å². The van der Waals surface area contributed by atoms with Gasteiger partial charge in [-0.3, -0.25) is 9.59 Å². The molecule has 56 heavy (non-hydrogen) atoms. The molecule has 0 radical (unpaired) electrons. The monoisotopic (exact) mass is 790 g/mol. The van der Waals surface area contributed by atoms with Gasteiger partial charge < -0.3 is 48.5 Å². The highest BCUT2D eigenvalue weighted by Crippen LogP contribution is 2.33. The third-order valence-electron chi connectivity index (χ3n) is 7.29. The van der Waals surface area contributed by atoms with Crippen molar-refractivity contribution in [1.29, 1.82) is 0 Å². The summed E-state index contributed by atoms with van der Waals surface area (Å²) >= 11 is 0. The van der Waals surface area contributed by atoms with Gasteiger partial charge in [0.15, 0.2) is 23.0 Å². The molecule has 5 rings (SSSR count). The van der Waals surface area contributed by atoms with Crippen LogP contribution in [0.15, 0.2) is 109 Å². The number of ether oxygens (including phenoxy) is 8. The Morgan fingerprint density at radius 3 is 1.12 bits per heavy atom. The van der Waals surface area contributed by atoms with Gasteiger partial charge in [-0.1, -0.05) is 0 Å². The van der Waals surface area contributed by atoms with Crippen LogP contribution in [0, 0.1) is 0 Å². The molecule has 296 valence electrons. The van der Waals surface area contributed by atoms with Crippen LogP contribution in [-0.4, -0.2) is 64.7 Å². The van der Waals surface area contributed by atoms with Crippen LogP contribution in [0.1, 0.15) is 20.7 Å². The van der Waals surface area contributed by atoms with Crippen molar-refractivity contribution in [3.63, 3.8) is 0 Å². The lowest BCUT2D eigenvalue weighted by molar-refractivity contribution is 0.0640. The minimum absolute atomic E-state index is 0.0809. The highest BCUT2D eigenvalue weighted by atomic mass is 19.3. The van der Waals surface area contributed by atoms with Gasteiger partial charge in [0, 0.05) is 34.6 Å². The predicted octanol–water partition coefficient (Wildman–Crippen LogP) is 8.28. The quantitative estimate of drug-likeness (QED) is 0.133. The Bertz CT molecular complexity index is 1880. The number of hydrogen-bond donors (Lipinski definition) is 2. The maximum atomic E-state index is 13.1. The Hall–Kier alpha value is -6.40. The molecule has 4 aromatic carbocycles. The van der Waals surface area contributed by atoms with Crippen LogP contribution < -0.4 is 39.1 Å². The summed E-state index contributed by atoms with van der Waals surface area (Å²) in [7, 11) is 0. The zero-order valence-electron chi connectivity index (χ0n) is 29.1. The second-order valence-electron chi connectivity index (χ2n) is 11.2. The van der Waals surface area contributed by atoms with Crippen molar-refractivity contribution < 1.29 is 73.8 Å². The lowest BCUT2D eigenvalue weighted by Gasteiger charge is -2.17. The molecular weight excluding hydrogens is 758 g/mol. The fourth-order valence-corrected chi connectivity index (χ4v) is 4.72. The number of benzene rings is 4.